The highest BCUT2D eigenvalue weighted by Crippen LogP contribution is 2.60. The highest BCUT2D eigenvalue weighted by atomic mass is 28.3. The predicted molar refractivity (Wildman–Crippen MR) is 138 cm³/mol. The fourth-order valence-corrected chi connectivity index (χ4v) is 12.6. The van der Waals surface area contributed by atoms with Crippen LogP contribution in [0, 0.1) is 17.8 Å². The van der Waals surface area contributed by atoms with Gasteiger partial charge in [-0.3, -0.25) is 0 Å². The average Bonchev–Trinajstić information content (AvgIpc) is 3.27. The van der Waals surface area contributed by atoms with Crippen molar-refractivity contribution in [2.75, 3.05) is 0 Å². The Morgan fingerprint density at radius 3 is 2.48 bits per heavy atom. The summed E-state index contributed by atoms with van der Waals surface area (Å²) in [5.41, 5.74) is 7.59. The van der Waals surface area contributed by atoms with Crippen molar-refractivity contribution in [2.24, 2.45) is 17.8 Å². The summed E-state index contributed by atoms with van der Waals surface area (Å²) in [6, 6.07) is 16.0. The molecule has 0 aromatic heterocycles. The summed E-state index contributed by atoms with van der Waals surface area (Å²) in [7, 11) is -1.62. The van der Waals surface area contributed by atoms with Gasteiger partial charge in [-0.15, -0.1) is 0 Å². The second kappa shape index (κ2) is 7.45. The number of hydrogen-bond acceptors (Lipinski definition) is 1. The summed E-state index contributed by atoms with van der Waals surface area (Å²) in [5, 5.41) is 2.82. The van der Waals surface area contributed by atoms with Gasteiger partial charge in [-0.1, -0.05) is 68.6 Å². The van der Waals surface area contributed by atoms with Crippen molar-refractivity contribution in [3.8, 4) is 0 Å². The van der Waals surface area contributed by atoms with E-state index in [1.165, 1.54) is 42.0 Å². The summed E-state index contributed by atoms with van der Waals surface area (Å²) in [6.45, 7) is 14.7. The molecular formula is C29H39NSi. The minimum Gasteiger partial charge on any atom is -0.332 e. The van der Waals surface area contributed by atoms with Crippen molar-refractivity contribution in [1.29, 1.82) is 0 Å². The van der Waals surface area contributed by atoms with Crippen molar-refractivity contribution in [2.45, 2.75) is 77.6 Å². The number of benzene rings is 2. The molecule has 31 heavy (non-hydrogen) atoms. The summed E-state index contributed by atoms with van der Waals surface area (Å²) in [6.07, 6.45) is 7.98. The largest absolute Gasteiger partial charge is 0.332 e. The van der Waals surface area contributed by atoms with Crippen molar-refractivity contribution in [3.63, 3.8) is 0 Å². The van der Waals surface area contributed by atoms with Crippen LogP contribution in [0.4, 0.5) is 0 Å². The Balaban J connectivity index is 1.64. The van der Waals surface area contributed by atoms with Gasteiger partial charge < -0.3 is 4.98 Å². The van der Waals surface area contributed by atoms with Gasteiger partial charge in [0.1, 0.15) is 8.24 Å². The van der Waals surface area contributed by atoms with Gasteiger partial charge in [0.25, 0.3) is 0 Å². The Labute approximate surface area is 190 Å². The third-order valence-electron chi connectivity index (χ3n) is 8.08. The predicted octanol–water partition coefficient (Wildman–Crippen LogP) is 7.95. The first-order valence-electron chi connectivity index (χ1n) is 12.4. The minimum absolute atomic E-state index is 0.183. The molecule has 2 heteroatoms. The third kappa shape index (κ3) is 3.66. The molecular weight excluding hydrogens is 390 g/mol. The van der Waals surface area contributed by atoms with E-state index in [0.29, 0.717) is 11.8 Å². The Morgan fingerprint density at radius 2 is 1.71 bits per heavy atom. The van der Waals surface area contributed by atoms with Crippen LogP contribution in [0.5, 0.6) is 0 Å². The van der Waals surface area contributed by atoms with E-state index in [1.807, 2.05) is 0 Å². The van der Waals surface area contributed by atoms with Gasteiger partial charge in [0.2, 0.25) is 0 Å². The zero-order chi connectivity index (χ0) is 22.0. The van der Waals surface area contributed by atoms with E-state index < -0.39 is 8.24 Å². The molecule has 1 N–H and O–H groups in total. The second-order valence-electron chi connectivity index (χ2n) is 12.0. The van der Waals surface area contributed by atoms with Crippen LogP contribution in [0.25, 0.3) is 16.3 Å². The van der Waals surface area contributed by atoms with Gasteiger partial charge in [-0.05, 0) is 103 Å². The maximum absolute atomic E-state index is 4.14. The number of rotatable bonds is 3. The SMILES string of the molecule is CC1CC2C(c3cccc4ccccc34)=C3CCCC3=CC2C1[Si](C)(C)NC(C)(C)C. The van der Waals surface area contributed by atoms with E-state index in [1.54, 1.807) is 16.7 Å². The molecule has 1 nitrogen and oxygen atoms in total. The lowest BCUT2D eigenvalue weighted by atomic mass is 9.75. The van der Waals surface area contributed by atoms with Crippen LogP contribution in [-0.4, -0.2) is 13.8 Å². The van der Waals surface area contributed by atoms with Crippen LogP contribution in [0.1, 0.15) is 58.9 Å². The highest BCUT2D eigenvalue weighted by Gasteiger charge is 2.52. The van der Waals surface area contributed by atoms with Crippen LogP contribution in [0.2, 0.25) is 18.6 Å². The van der Waals surface area contributed by atoms with E-state index in [2.05, 4.69) is 94.3 Å². The fourth-order valence-electron chi connectivity index (χ4n) is 7.64. The topological polar surface area (TPSA) is 12.0 Å². The molecule has 0 saturated heterocycles. The van der Waals surface area contributed by atoms with Gasteiger partial charge in [0, 0.05) is 5.54 Å². The summed E-state index contributed by atoms with van der Waals surface area (Å²) in [4.78, 5) is 4.14. The maximum atomic E-state index is 4.14. The summed E-state index contributed by atoms with van der Waals surface area (Å²) < 4.78 is 0. The number of allylic oxidation sites excluding steroid dienone is 4. The Hall–Kier alpha value is -1.64. The normalized spacial score (nSPS) is 28.6. The van der Waals surface area contributed by atoms with Crippen LogP contribution in [-0.2, 0) is 0 Å². The molecule has 4 atom stereocenters. The van der Waals surface area contributed by atoms with E-state index in [4.69, 9.17) is 0 Å². The summed E-state index contributed by atoms with van der Waals surface area (Å²) >= 11 is 0. The van der Waals surface area contributed by atoms with Gasteiger partial charge in [0.15, 0.2) is 0 Å². The van der Waals surface area contributed by atoms with E-state index in [0.717, 1.165) is 11.5 Å². The molecule has 5 rings (SSSR count). The standard InChI is InChI=1S/C29H39NSi/c1-19-17-25-26(28(19)31(5,6)30-29(2,3)4)18-21-13-10-15-23(21)27(25)24-16-9-12-20-11-7-8-14-22(20)24/h7-9,11-12,14,16,18-19,25-26,28,30H,10,13,15,17H2,1-6H3. The van der Waals surface area contributed by atoms with Crippen LogP contribution >= 0.6 is 0 Å². The van der Waals surface area contributed by atoms with E-state index >= 15 is 0 Å². The smallest absolute Gasteiger partial charge is 0.123 e. The molecule has 3 aliphatic carbocycles. The first-order chi connectivity index (χ1) is 14.7. The Bertz CT molecular complexity index is 1060. The maximum Gasteiger partial charge on any atom is 0.123 e. The van der Waals surface area contributed by atoms with Gasteiger partial charge >= 0.3 is 0 Å². The lowest BCUT2D eigenvalue weighted by molar-refractivity contribution is 0.476. The van der Waals surface area contributed by atoms with E-state index in [9.17, 15) is 0 Å². The number of nitrogens with one attached hydrogen (secondary N) is 1. The molecule has 0 bridgehead atoms. The average molecular weight is 430 g/mol. The van der Waals surface area contributed by atoms with Gasteiger partial charge in [0.05, 0.1) is 0 Å². The molecule has 0 radical (unpaired) electrons. The quantitative estimate of drug-likeness (QED) is 0.488. The van der Waals surface area contributed by atoms with Crippen LogP contribution in [0.3, 0.4) is 0 Å². The first kappa shape index (κ1) is 21.2. The molecule has 0 heterocycles. The molecule has 2 aromatic rings. The lowest BCUT2D eigenvalue weighted by Gasteiger charge is -2.43. The van der Waals surface area contributed by atoms with Crippen molar-refractivity contribution in [1.82, 2.24) is 4.98 Å². The van der Waals surface area contributed by atoms with Crippen LogP contribution in [0.15, 0.2) is 59.7 Å². The van der Waals surface area contributed by atoms with E-state index in [-0.39, 0.29) is 5.54 Å². The highest BCUT2D eigenvalue weighted by molar-refractivity contribution is 6.76. The number of hydrogen-bond donors (Lipinski definition) is 1. The second-order valence-corrected chi connectivity index (χ2v) is 16.3. The monoisotopic (exact) mass is 429 g/mol. The van der Waals surface area contributed by atoms with Gasteiger partial charge in [-0.25, -0.2) is 0 Å². The minimum atomic E-state index is -1.62. The Morgan fingerprint density at radius 1 is 0.968 bits per heavy atom. The zero-order valence-electron chi connectivity index (χ0n) is 20.3. The summed E-state index contributed by atoms with van der Waals surface area (Å²) in [5.74, 6) is 2.14. The van der Waals surface area contributed by atoms with Crippen molar-refractivity contribution >= 4 is 24.6 Å². The van der Waals surface area contributed by atoms with Gasteiger partial charge in [-0.2, -0.15) is 0 Å². The lowest BCUT2D eigenvalue weighted by Crippen LogP contribution is -2.58. The third-order valence-corrected chi connectivity index (χ3v) is 12.1. The first-order valence-corrected chi connectivity index (χ1v) is 15.4. The van der Waals surface area contributed by atoms with Crippen LogP contribution < -0.4 is 4.98 Å². The molecule has 2 fully saturated rings. The molecule has 0 aliphatic heterocycles. The molecule has 0 amide bonds. The zero-order valence-corrected chi connectivity index (χ0v) is 21.3. The number of fused-ring (bicyclic) bond motifs is 3. The molecule has 4 unspecified atom stereocenters. The molecule has 3 aliphatic rings. The molecule has 2 saturated carbocycles. The van der Waals surface area contributed by atoms with Crippen molar-refractivity contribution in [3.05, 3.63) is 65.3 Å². The molecule has 164 valence electrons. The Kier molecular flexibility index (Phi) is 5.10. The van der Waals surface area contributed by atoms with Crippen molar-refractivity contribution < 1.29 is 0 Å². The molecule has 0 spiro atoms. The fraction of sp³-hybridized carbons (Fsp3) is 0.517. The molecule has 2 aromatic carbocycles.